The summed E-state index contributed by atoms with van der Waals surface area (Å²) in [7, 11) is 0. The highest BCUT2D eigenvalue weighted by molar-refractivity contribution is 6.31. The van der Waals surface area contributed by atoms with Gasteiger partial charge < -0.3 is 22.1 Å². The summed E-state index contributed by atoms with van der Waals surface area (Å²) in [5, 5.41) is 0.597. The van der Waals surface area contributed by atoms with Crippen LogP contribution >= 0.6 is 11.6 Å². The van der Waals surface area contributed by atoms with Crippen LogP contribution in [0.15, 0.2) is 28.2 Å². The minimum Gasteiger partial charge on any atom is -0.370 e. The van der Waals surface area contributed by atoms with Gasteiger partial charge in [-0.2, -0.15) is 4.99 Å². The van der Waals surface area contributed by atoms with Gasteiger partial charge in [0.1, 0.15) is 0 Å². The SMILES string of the molecule is CC1CCCN(c2ccc(Cl)cc2N=C(N)N=C(N)N)C1. The molecule has 6 nitrogen and oxygen atoms in total. The molecule has 1 aliphatic heterocycles. The number of aliphatic imine (C=N–C) groups is 2. The van der Waals surface area contributed by atoms with Gasteiger partial charge >= 0.3 is 0 Å². The summed E-state index contributed by atoms with van der Waals surface area (Å²) >= 11 is 6.06. The van der Waals surface area contributed by atoms with Crippen molar-refractivity contribution in [1.82, 2.24) is 0 Å². The molecule has 114 valence electrons. The molecular weight excluding hydrogens is 288 g/mol. The molecular formula is C14H21ClN6. The number of hydrogen-bond acceptors (Lipinski definition) is 2. The summed E-state index contributed by atoms with van der Waals surface area (Å²) in [6.07, 6.45) is 2.41. The first-order valence-electron chi connectivity index (χ1n) is 6.94. The van der Waals surface area contributed by atoms with Crippen molar-refractivity contribution >= 4 is 34.9 Å². The number of nitrogens with two attached hydrogens (primary N) is 3. The lowest BCUT2D eigenvalue weighted by atomic mass is 9.99. The third kappa shape index (κ3) is 4.26. The first-order valence-corrected chi connectivity index (χ1v) is 7.32. The maximum absolute atomic E-state index is 6.06. The van der Waals surface area contributed by atoms with E-state index in [0.717, 1.165) is 25.2 Å². The first-order chi connectivity index (χ1) is 9.95. The maximum Gasteiger partial charge on any atom is 0.223 e. The molecule has 1 aromatic rings. The van der Waals surface area contributed by atoms with Crippen molar-refractivity contribution in [2.75, 3.05) is 18.0 Å². The molecule has 6 N–H and O–H groups in total. The van der Waals surface area contributed by atoms with Crippen molar-refractivity contribution in [2.45, 2.75) is 19.8 Å². The van der Waals surface area contributed by atoms with Crippen molar-refractivity contribution in [1.29, 1.82) is 0 Å². The molecule has 2 rings (SSSR count). The predicted octanol–water partition coefficient (Wildman–Crippen LogP) is 1.80. The Morgan fingerprint density at radius 2 is 2.10 bits per heavy atom. The van der Waals surface area contributed by atoms with Gasteiger partial charge in [-0.3, -0.25) is 0 Å². The quantitative estimate of drug-likeness (QED) is 0.572. The summed E-state index contributed by atoms with van der Waals surface area (Å²) in [6, 6.07) is 5.58. The monoisotopic (exact) mass is 308 g/mol. The Hall–Kier alpha value is -1.95. The first kappa shape index (κ1) is 15.4. The highest BCUT2D eigenvalue weighted by Crippen LogP contribution is 2.34. The minimum atomic E-state index is -0.119. The summed E-state index contributed by atoms with van der Waals surface area (Å²) in [4.78, 5) is 10.3. The molecule has 7 heteroatoms. The van der Waals surface area contributed by atoms with Crippen LogP contribution in [0.25, 0.3) is 0 Å². The fourth-order valence-electron chi connectivity index (χ4n) is 2.54. The van der Waals surface area contributed by atoms with E-state index in [1.807, 2.05) is 12.1 Å². The Balaban J connectivity index is 2.35. The predicted molar refractivity (Wildman–Crippen MR) is 89.2 cm³/mol. The second-order valence-electron chi connectivity index (χ2n) is 5.33. The van der Waals surface area contributed by atoms with E-state index in [-0.39, 0.29) is 11.9 Å². The van der Waals surface area contributed by atoms with Crippen LogP contribution in [-0.2, 0) is 0 Å². The van der Waals surface area contributed by atoms with Gasteiger partial charge in [0.15, 0.2) is 5.96 Å². The molecule has 1 aromatic carbocycles. The zero-order valence-corrected chi connectivity index (χ0v) is 12.8. The van der Waals surface area contributed by atoms with E-state index in [2.05, 4.69) is 21.8 Å². The fraction of sp³-hybridized carbons (Fsp3) is 0.429. The van der Waals surface area contributed by atoms with Crippen molar-refractivity contribution in [3.63, 3.8) is 0 Å². The van der Waals surface area contributed by atoms with E-state index >= 15 is 0 Å². The number of nitrogens with zero attached hydrogens (tertiary/aromatic N) is 3. The van der Waals surface area contributed by atoms with Gasteiger partial charge in [0.2, 0.25) is 5.96 Å². The number of halogens is 1. The average Bonchev–Trinajstić information content (AvgIpc) is 2.37. The van der Waals surface area contributed by atoms with E-state index in [1.54, 1.807) is 6.07 Å². The molecule has 0 radical (unpaired) electrons. The highest BCUT2D eigenvalue weighted by Gasteiger charge is 2.19. The average molecular weight is 309 g/mol. The van der Waals surface area contributed by atoms with Crippen LogP contribution in [0.3, 0.4) is 0 Å². The van der Waals surface area contributed by atoms with Crippen LogP contribution in [0, 0.1) is 5.92 Å². The molecule has 0 aromatic heterocycles. The summed E-state index contributed by atoms with van der Waals surface area (Å²) < 4.78 is 0. The Kier molecular flexibility index (Phi) is 4.90. The second kappa shape index (κ2) is 6.67. The molecule has 0 bridgehead atoms. The van der Waals surface area contributed by atoms with Crippen LogP contribution in [0.5, 0.6) is 0 Å². The number of hydrogen-bond donors (Lipinski definition) is 3. The largest absolute Gasteiger partial charge is 0.370 e. The molecule has 0 amide bonds. The normalized spacial score (nSPS) is 19.4. The minimum absolute atomic E-state index is 0.0172. The molecule has 0 saturated carbocycles. The lowest BCUT2D eigenvalue weighted by Gasteiger charge is -2.33. The maximum atomic E-state index is 6.06. The number of guanidine groups is 2. The number of rotatable bonds is 2. The van der Waals surface area contributed by atoms with Gasteiger partial charge in [-0.25, -0.2) is 4.99 Å². The van der Waals surface area contributed by atoms with Crippen molar-refractivity contribution in [3.05, 3.63) is 23.2 Å². The molecule has 1 saturated heterocycles. The molecule has 21 heavy (non-hydrogen) atoms. The molecule has 0 spiro atoms. The van der Waals surface area contributed by atoms with Crippen LogP contribution in [0.1, 0.15) is 19.8 Å². The molecule has 1 aliphatic rings. The summed E-state index contributed by atoms with van der Waals surface area (Å²) in [5.41, 5.74) is 18.0. The summed E-state index contributed by atoms with van der Waals surface area (Å²) in [6.45, 7) is 4.24. The highest BCUT2D eigenvalue weighted by atomic mass is 35.5. The van der Waals surface area contributed by atoms with Gasteiger partial charge in [0.05, 0.1) is 11.4 Å². The zero-order valence-electron chi connectivity index (χ0n) is 12.1. The Labute approximate surface area is 129 Å². The van der Waals surface area contributed by atoms with Crippen molar-refractivity contribution in [3.8, 4) is 0 Å². The lowest BCUT2D eigenvalue weighted by molar-refractivity contribution is 0.447. The van der Waals surface area contributed by atoms with E-state index in [9.17, 15) is 0 Å². The van der Waals surface area contributed by atoms with E-state index in [1.165, 1.54) is 6.42 Å². The molecule has 1 unspecified atom stereocenters. The van der Waals surface area contributed by atoms with Gasteiger partial charge in [-0.1, -0.05) is 18.5 Å². The van der Waals surface area contributed by atoms with Crippen LogP contribution in [0.4, 0.5) is 11.4 Å². The number of piperidine rings is 1. The van der Waals surface area contributed by atoms with Gasteiger partial charge in [-0.05, 0) is 37.0 Å². The Morgan fingerprint density at radius 3 is 2.76 bits per heavy atom. The smallest absolute Gasteiger partial charge is 0.223 e. The van der Waals surface area contributed by atoms with Gasteiger partial charge in [-0.15, -0.1) is 0 Å². The standard InChI is InChI=1S/C14H21ClN6/c1-9-3-2-6-21(8-9)12-5-4-10(15)7-11(12)19-14(18)20-13(16)17/h4-5,7,9H,2-3,6,8H2,1H3,(H6,16,17,18,19,20). The number of benzene rings is 1. The van der Waals surface area contributed by atoms with E-state index < -0.39 is 0 Å². The van der Waals surface area contributed by atoms with E-state index in [0.29, 0.717) is 16.6 Å². The third-order valence-corrected chi connectivity index (χ3v) is 3.65. The van der Waals surface area contributed by atoms with Crippen LogP contribution in [-0.4, -0.2) is 25.0 Å². The molecule has 1 atom stereocenters. The van der Waals surface area contributed by atoms with Gasteiger partial charge in [0.25, 0.3) is 0 Å². The molecule has 1 fully saturated rings. The topological polar surface area (TPSA) is 106 Å². The van der Waals surface area contributed by atoms with Crippen molar-refractivity contribution in [2.24, 2.45) is 33.1 Å². The Morgan fingerprint density at radius 1 is 1.33 bits per heavy atom. The summed E-state index contributed by atoms with van der Waals surface area (Å²) in [5.74, 6) is 0.552. The van der Waals surface area contributed by atoms with E-state index in [4.69, 9.17) is 28.8 Å². The van der Waals surface area contributed by atoms with Crippen LogP contribution < -0.4 is 22.1 Å². The van der Waals surface area contributed by atoms with Gasteiger partial charge in [0, 0.05) is 18.1 Å². The third-order valence-electron chi connectivity index (χ3n) is 3.41. The lowest BCUT2D eigenvalue weighted by Crippen LogP contribution is -2.34. The second-order valence-corrected chi connectivity index (χ2v) is 5.77. The fourth-order valence-corrected chi connectivity index (χ4v) is 2.71. The van der Waals surface area contributed by atoms with Crippen LogP contribution in [0.2, 0.25) is 5.02 Å². The van der Waals surface area contributed by atoms with Crippen molar-refractivity contribution < 1.29 is 0 Å². The Bertz CT molecular complexity index is 565. The molecule has 0 aliphatic carbocycles. The zero-order chi connectivity index (χ0) is 15.4. The number of anilines is 1. The molecule has 1 heterocycles.